The number of H-pyrrole nitrogens is 1. The Balaban J connectivity index is 1.51. The van der Waals surface area contributed by atoms with Gasteiger partial charge < -0.3 is 14.9 Å². The molecule has 28 heavy (non-hydrogen) atoms. The molecular formula is C21H26N4O3. The van der Waals surface area contributed by atoms with Crippen LogP contribution in [0.15, 0.2) is 30.3 Å². The summed E-state index contributed by atoms with van der Waals surface area (Å²) in [5.41, 5.74) is 1.57. The molecule has 0 unspecified atom stereocenters. The zero-order valence-electron chi connectivity index (χ0n) is 16.1. The molecule has 0 aliphatic carbocycles. The highest BCUT2D eigenvalue weighted by atomic mass is 16.3. The molecule has 148 valence electrons. The van der Waals surface area contributed by atoms with Gasteiger partial charge >= 0.3 is 0 Å². The average Bonchev–Trinajstić information content (AvgIpc) is 3.20. The van der Waals surface area contributed by atoms with Crippen molar-refractivity contribution < 1.29 is 14.7 Å². The van der Waals surface area contributed by atoms with Crippen LogP contribution in [0.3, 0.4) is 0 Å². The quantitative estimate of drug-likeness (QED) is 0.854. The second-order valence-electron chi connectivity index (χ2n) is 7.92. The number of phenolic OH excluding ortho intramolecular Hbond substituents is 1. The Morgan fingerprint density at radius 2 is 2.11 bits per heavy atom. The Bertz CT molecular complexity index is 893. The molecule has 1 spiro atoms. The smallest absolute Gasteiger partial charge is 0.271 e. The van der Waals surface area contributed by atoms with Crippen LogP contribution in [0.25, 0.3) is 11.3 Å². The molecule has 0 bridgehead atoms. The maximum Gasteiger partial charge on any atom is 0.271 e. The fourth-order valence-corrected chi connectivity index (χ4v) is 4.53. The second kappa shape index (κ2) is 7.30. The summed E-state index contributed by atoms with van der Waals surface area (Å²) in [6.07, 6.45) is 3.40. The monoisotopic (exact) mass is 382 g/mol. The van der Waals surface area contributed by atoms with Gasteiger partial charge in [0.05, 0.1) is 5.69 Å². The molecule has 2 fully saturated rings. The highest BCUT2D eigenvalue weighted by Gasteiger charge is 2.42. The van der Waals surface area contributed by atoms with Crippen LogP contribution in [0, 0.1) is 5.41 Å². The molecule has 7 nitrogen and oxygen atoms in total. The molecule has 1 aromatic heterocycles. The minimum absolute atomic E-state index is 0.00161. The number of hydrogen-bond acceptors (Lipinski definition) is 4. The number of rotatable bonds is 3. The van der Waals surface area contributed by atoms with E-state index >= 15 is 0 Å². The number of aromatic amines is 1. The molecule has 0 radical (unpaired) electrons. The first kappa shape index (κ1) is 18.5. The number of likely N-dealkylation sites (tertiary alicyclic amines) is 2. The van der Waals surface area contributed by atoms with E-state index < -0.39 is 0 Å². The summed E-state index contributed by atoms with van der Waals surface area (Å²) in [6.45, 7) is 4.84. The molecule has 2 aromatic rings. The van der Waals surface area contributed by atoms with Crippen molar-refractivity contribution >= 4 is 11.8 Å². The van der Waals surface area contributed by atoms with Crippen molar-refractivity contribution in [3.05, 3.63) is 36.0 Å². The Hall–Kier alpha value is -2.83. The minimum atomic E-state index is -0.0757. The van der Waals surface area contributed by atoms with Gasteiger partial charge in [-0.05, 0) is 44.4 Å². The lowest BCUT2D eigenvalue weighted by molar-refractivity contribution is -0.138. The van der Waals surface area contributed by atoms with Crippen LogP contribution in [0.4, 0.5) is 0 Å². The summed E-state index contributed by atoms with van der Waals surface area (Å²) < 4.78 is 0. The molecule has 2 aliphatic rings. The Morgan fingerprint density at radius 3 is 2.89 bits per heavy atom. The van der Waals surface area contributed by atoms with Crippen LogP contribution >= 0.6 is 0 Å². The topological polar surface area (TPSA) is 89.5 Å². The third-order valence-corrected chi connectivity index (χ3v) is 6.07. The standard InChI is InChI=1S/C21H26N4O3/c1-2-24-13-21(10-8-19(24)27)9-5-11-25(14-21)20(28)17-12-16(22-23-17)15-6-3-4-7-18(15)26/h3-4,6-7,12,26H,2,5,8-11,13-14H2,1H3,(H,22,23)/t21-/m1/s1. The molecule has 3 heterocycles. The number of carbonyl (C=O) groups excluding carboxylic acids is 2. The zero-order chi connectivity index (χ0) is 19.7. The first-order chi connectivity index (χ1) is 13.5. The van der Waals surface area contributed by atoms with Crippen molar-refractivity contribution in [3.63, 3.8) is 0 Å². The number of nitrogens with one attached hydrogen (secondary N) is 1. The molecule has 1 aromatic carbocycles. The van der Waals surface area contributed by atoms with E-state index in [1.54, 1.807) is 24.3 Å². The number of aromatic nitrogens is 2. The Kier molecular flexibility index (Phi) is 4.83. The van der Waals surface area contributed by atoms with E-state index in [-0.39, 0.29) is 23.0 Å². The summed E-state index contributed by atoms with van der Waals surface area (Å²) in [5, 5.41) is 17.1. The summed E-state index contributed by atoms with van der Waals surface area (Å²) in [4.78, 5) is 29.0. The normalized spacial score (nSPS) is 22.7. The van der Waals surface area contributed by atoms with E-state index in [2.05, 4.69) is 10.2 Å². The third kappa shape index (κ3) is 3.37. The molecule has 7 heteroatoms. The van der Waals surface area contributed by atoms with Crippen LogP contribution in [-0.2, 0) is 4.79 Å². The van der Waals surface area contributed by atoms with Gasteiger partial charge in [0.2, 0.25) is 5.91 Å². The number of carbonyl (C=O) groups is 2. The van der Waals surface area contributed by atoms with E-state index in [1.807, 2.05) is 22.8 Å². The lowest BCUT2D eigenvalue weighted by Crippen LogP contribution is -2.55. The summed E-state index contributed by atoms with van der Waals surface area (Å²) in [5.74, 6) is 0.280. The number of aromatic hydroxyl groups is 1. The number of amides is 2. The SMILES string of the molecule is CCN1C[C@@]2(CCCN(C(=O)c3cc(-c4ccccc4O)n[nH]3)C2)CCC1=O. The maximum atomic E-state index is 13.1. The number of benzene rings is 1. The lowest BCUT2D eigenvalue weighted by atomic mass is 9.73. The maximum absolute atomic E-state index is 13.1. The van der Waals surface area contributed by atoms with Gasteiger partial charge in [-0.15, -0.1) is 0 Å². The van der Waals surface area contributed by atoms with Crippen molar-refractivity contribution in [1.82, 2.24) is 20.0 Å². The third-order valence-electron chi connectivity index (χ3n) is 6.07. The first-order valence-corrected chi connectivity index (χ1v) is 9.92. The Morgan fingerprint density at radius 1 is 1.29 bits per heavy atom. The minimum Gasteiger partial charge on any atom is -0.507 e. The van der Waals surface area contributed by atoms with Gasteiger partial charge in [-0.1, -0.05) is 12.1 Å². The van der Waals surface area contributed by atoms with Gasteiger partial charge in [0.15, 0.2) is 0 Å². The van der Waals surface area contributed by atoms with Gasteiger partial charge in [-0.2, -0.15) is 5.10 Å². The predicted octanol–water partition coefficient (Wildman–Crippen LogP) is 2.65. The molecule has 0 saturated carbocycles. The number of piperidine rings is 2. The zero-order valence-corrected chi connectivity index (χ0v) is 16.1. The van der Waals surface area contributed by atoms with Gasteiger partial charge in [0.25, 0.3) is 5.91 Å². The number of hydrogen-bond donors (Lipinski definition) is 2. The van der Waals surface area contributed by atoms with Gasteiger partial charge in [0, 0.05) is 43.6 Å². The molecule has 4 rings (SSSR count). The summed E-state index contributed by atoms with van der Waals surface area (Å²) in [6, 6.07) is 8.64. The summed E-state index contributed by atoms with van der Waals surface area (Å²) in [7, 11) is 0. The largest absolute Gasteiger partial charge is 0.507 e. The lowest BCUT2D eigenvalue weighted by Gasteiger charge is -2.48. The average molecular weight is 382 g/mol. The number of nitrogens with zero attached hydrogens (tertiary/aromatic N) is 3. The molecule has 2 amide bonds. The van der Waals surface area contributed by atoms with Crippen LogP contribution in [-0.4, -0.2) is 63.1 Å². The van der Waals surface area contributed by atoms with Crippen LogP contribution in [0.5, 0.6) is 5.75 Å². The van der Waals surface area contributed by atoms with Gasteiger partial charge in [-0.25, -0.2) is 0 Å². The van der Waals surface area contributed by atoms with Crippen molar-refractivity contribution in [2.45, 2.75) is 32.6 Å². The Labute approximate surface area is 164 Å². The van der Waals surface area contributed by atoms with E-state index in [1.165, 1.54) is 0 Å². The van der Waals surface area contributed by atoms with E-state index in [0.717, 1.165) is 32.4 Å². The van der Waals surface area contributed by atoms with Crippen LogP contribution in [0.2, 0.25) is 0 Å². The number of phenols is 1. The fourth-order valence-electron chi connectivity index (χ4n) is 4.53. The van der Waals surface area contributed by atoms with E-state index in [9.17, 15) is 14.7 Å². The van der Waals surface area contributed by atoms with Crippen LogP contribution < -0.4 is 0 Å². The van der Waals surface area contributed by atoms with Crippen molar-refractivity contribution in [1.29, 1.82) is 0 Å². The first-order valence-electron chi connectivity index (χ1n) is 9.92. The highest BCUT2D eigenvalue weighted by molar-refractivity contribution is 5.93. The second-order valence-corrected chi connectivity index (χ2v) is 7.92. The summed E-state index contributed by atoms with van der Waals surface area (Å²) >= 11 is 0. The molecule has 2 N–H and O–H groups in total. The van der Waals surface area contributed by atoms with Crippen molar-refractivity contribution in [3.8, 4) is 17.0 Å². The predicted molar refractivity (Wildman–Crippen MR) is 105 cm³/mol. The fraction of sp³-hybridized carbons (Fsp3) is 0.476. The van der Waals surface area contributed by atoms with Gasteiger partial charge in [0.1, 0.15) is 11.4 Å². The molecule has 2 saturated heterocycles. The van der Waals surface area contributed by atoms with Crippen molar-refractivity contribution in [2.75, 3.05) is 26.2 Å². The van der Waals surface area contributed by atoms with Crippen LogP contribution in [0.1, 0.15) is 43.1 Å². The van der Waals surface area contributed by atoms with E-state index in [4.69, 9.17) is 0 Å². The van der Waals surface area contributed by atoms with Gasteiger partial charge in [-0.3, -0.25) is 14.7 Å². The molecular weight excluding hydrogens is 356 g/mol. The highest BCUT2D eigenvalue weighted by Crippen LogP contribution is 2.39. The van der Waals surface area contributed by atoms with Crippen molar-refractivity contribution in [2.24, 2.45) is 5.41 Å². The number of para-hydroxylation sites is 1. The van der Waals surface area contributed by atoms with E-state index in [0.29, 0.717) is 36.5 Å². The molecule has 2 aliphatic heterocycles. The molecule has 1 atom stereocenters.